The van der Waals surface area contributed by atoms with Crippen molar-refractivity contribution in [1.82, 2.24) is 0 Å². The molecule has 0 radical (unpaired) electrons. The van der Waals surface area contributed by atoms with Gasteiger partial charge in [-0.1, -0.05) is 97.0 Å². The van der Waals surface area contributed by atoms with Crippen LogP contribution in [0.4, 0.5) is 0 Å². The third-order valence-electron chi connectivity index (χ3n) is 11.7. The number of carbonyl (C=O) groups excluding carboxylic acids is 1. The van der Waals surface area contributed by atoms with Crippen LogP contribution < -0.4 is 0 Å². The Bertz CT molecular complexity index is 995. The Hall–Kier alpha value is -1.55. The summed E-state index contributed by atoms with van der Waals surface area (Å²) in [5.74, 6) is 2.23. The van der Waals surface area contributed by atoms with Crippen LogP contribution in [0.1, 0.15) is 160 Å². The summed E-state index contributed by atoms with van der Waals surface area (Å²) in [5, 5.41) is 11.8. The lowest BCUT2D eigenvalue weighted by Crippen LogP contribution is -2.49. The van der Waals surface area contributed by atoms with E-state index in [2.05, 4.69) is 32.1 Å². The van der Waals surface area contributed by atoms with Crippen LogP contribution in [-0.2, 0) is 9.53 Å². The van der Waals surface area contributed by atoms with Crippen LogP contribution in [0.2, 0.25) is 0 Å². The summed E-state index contributed by atoms with van der Waals surface area (Å²) in [4.78, 5) is 12.6. The number of allylic oxidation sites excluding steroid dienone is 1. The minimum Gasteiger partial charge on any atom is -0.465 e. The van der Waals surface area contributed by atoms with Gasteiger partial charge in [0.25, 0.3) is 0 Å². The number of esters is 1. The Morgan fingerprint density at radius 2 is 1.65 bits per heavy atom. The van der Waals surface area contributed by atoms with E-state index in [-0.39, 0.29) is 29.3 Å². The van der Waals surface area contributed by atoms with Crippen LogP contribution in [0.3, 0.4) is 0 Å². The Morgan fingerprint density at radius 3 is 2.35 bits per heavy atom. The molecule has 4 aliphatic carbocycles. The minimum absolute atomic E-state index is 0.107. The number of carbonyl (C=O) groups is 1. The quantitative estimate of drug-likeness (QED) is 0.164. The number of fused-ring (bicyclic) bond motifs is 5. The van der Waals surface area contributed by atoms with Crippen LogP contribution >= 0.6 is 0 Å². The number of ether oxygens (including phenoxy) is 1. The largest absolute Gasteiger partial charge is 0.465 e. The first-order chi connectivity index (χ1) is 19.4. The molecular weight excluding hydrogens is 496 g/mol. The summed E-state index contributed by atoms with van der Waals surface area (Å²) >= 11 is 0. The van der Waals surface area contributed by atoms with E-state index < -0.39 is 5.60 Å². The van der Waals surface area contributed by atoms with Gasteiger partial charge in [0.15, 0.2) is 0 Å². The van der Waals surface area contributed by atoms with Crippen LogP contribution in [0.5, 0.6) is 0 Å². The number of unbranched alkanes of at least 4 members (excludes halogenated alkanes) is 12. The van der Waals surface area contributed by atoms with E-state index in [4.69, 9.17) is 9.15 Å². The molecule has 5 rings (SSSR count). The van der Waals surface area contributed by atoms with Gasteiger partial charge in [0.05, 0.1) is 6.26 Å². The van der Waals surface area contributed by atoms with Gasteiger partial charge in [-0.05, 0) is 85.7 Å². The number of furan rings is 1. The molecule has 0 amide bonds. The predicted molar refractivity (Wildman–Crippen MR) is 162 cm³/mol. The van der Waals surface area contributed by atoms with Gasteiger partial charge in [-0.15, -0.1) is 0 Å². The van der Waals surface area contributed by atoms with Gasteiger partial charge in [-0.3, -0.25) is 4.79 Å². The molecule has 4 nitrogen and oxygen atoms in total. The number of aliphatic hydroxyl groups is 1. The van der Waals surface area contributed by atoms with E-state index in [1.807, 2.05) is 6.26 Å². The van der Waals surface area contributed by atoms with Crippen molar-refractivity contribution in [3.05, 3.63) is 29.7 Å². The smallest absolute Gasteiger partial charge is 0.305 e. The van der Waals surface area contributed by atoms with Crippen LogP contribution in [-0.4, -0.2) is 23.3 Å². The minimum atomic E-state index is -0.858. The third-order valence-corrected chi connectivity index (χ3v) is 11.7. The maximum atomic E-state index is 12.6. The monoisotopic (exact) mass is 552 g/mol. The van der Waals surface area contributed by atoms with Crippen LogP contribution in [0.25, 0.3) is 6.08 Å². The van der Waals surface area contributed by atoms with Gasteiger partial charge < -0.3 is 14.3 Å². The molecule has 3 saturated carbocycles. The van der Waals surface area contributed by atoms with Crippen molar-refractivity contribution in [3.63, 3.8) is 0 Å². The van der Waals surface area contributed by atoms with Gasteiger partial charge in [0.2, 0.25) is 0 Å². The first kappa shape index (κ1) is 29.9. The zero-order chi connectivity index (χ0) is 28.1. The van der Waals surface area contributed by atoms with Gasteiger partial charge in [-0.2, -0.15) is 0 Å². The molecule has 1 heterocycles. The molecule has 0 saturated heterocycles. The maximum Gasteiger partial charge on any atom is 0.305 e. The summed E-state index contributed by atoms with van der Waals surface area (Å²) in [5.41, 5.74) is 0.784. The molecule has 0 aromatic carbocycles. The summed E-state index contributed by atoms with van der Waals surface area (Å²) in [7, 11) is 0. The second kappa shape index (κ2) is 13.2. The molecular formula is C36H56O4. The average molecular weight is 553 g/mol. The summed E-state index contributed by atoms with van der Waals surface area (Å²) in [6, 6.07) is 2.17. The summed E-state index contributed by atoms with van der Waals surface area (Å²) < 4.78 is 11.5. The normalized spacial score (nSPS) is 33.8. The molecule has 6 atom stereocenters. The molecule has 4 heteroatoms. The zero-order valence-corrected chi connectivity index (χ0v) is 25.6. The van der Waals surface area contributed by atoms with Crippen LogP contribution in [0.15, 0.2) is 22.8 Å². The van der Waals surface area contributed by atoms with Gasteiger partial charge in [-0.25, -0.2) is 0 Å². The first-order valence-corrected chi connectivity index (χ1v) is 17.0. The van der Waals surface area contributed by atoms with E-state index in [1.54, 1.807) is 0 Å². The highest BCUT2D eigenvalue weighted by Crippen LogP contribution is 2.71. The van der Waals surface area contributed by atoms with Gasteiger partial charge in [0.1, 0.15) is 18.0 Å². The van der Waals surface area contributed by atoms with E-state index in [9.17, 15) is 9.90 Å². The fraction of sp³-hybridized carbons (Fsp3) is 0.806. The standard InChI is InChI=1S/C36H56O4/c1-3-4-5-6-7-8-9-10-11-12-13-14-15-16-33(37)40-27-36(38)26-35-23-19-30-29-21-24-39-31(29)20-22-34(30,2)32(35)18-17-28(36)25-35/h20-22,24,28,30,32,38H,3-19,23,25-27H2,1-2H3/t28-,30-,32+,34-,35-,36-/m1/s1. The SMILES string of the molecule is CCCCCCCCCCCCCCCC(=O)OC[C@]1(O)C[C@]23CC[C@@H]4c5ccoc5C=C[C@@]4(C)[C@@H]2CC[C@@H]1C3. The van der Waals surface area contributed by atoms with E-state index in [0.717, 1.165) is 57.1 Å². The van der Waals surface area contributed by atoms with Crippen LogP contribution in [0, 0.1) is 22.7 Å². The Balaban J connectivity index is 0.995. The lowest BCUT2D eigenvalue weighted by Gasteiger charge is -2.58. The molecule has 2 bridgehead atoms. The maximum absolute atomic E-state index is 12.6. The predicted octanol–water partition coefficient (Wildman–Crippen LogP) is 9.75. The highest BCUT2D eigenvalue weighted by atomic mass is 16.5. The molecule has 1 aromatic heterocycles. The fourth-order valence-corrected chi connectivity index (χ4v) is 9.60. The molecule has 224 valence electrons. The lowest BCUT2D eigenvalue weighted by molar-refractivity contribution is -0.154. The fourth-order valence-electron chi connectivity index (χ4n) is 9.60. The Kier molecular flexibility index (Phi) is 9.86. The molecule has 1 aromatic rings. The first-order valence-electron chi connectivity index (χ1n) is 17.0. The lowest BCUT2D eigenvalue weighted by atomic mass is 9.46. The van der Waals surface area contributed by atoms with E-state index in [1.165, 1.54) is 76.2 Å². The molecule has 0 aliphatic heterocycles. The van der Waals surface area contributed by atoms with E-state index >= 15 is 0 Å². The molecule has 3 fully saturated rings. The molecule has 1 spiro atoms. The summed E-state index contributed by atoms with van der Waals surface area (Å²) in [6.07, 6.45) is 30.2. The molecule has 4 aliphatic rings. The molecule has 0 unspecified atom stereocenters. The molecule has 40 heavy (non-hydrogen) atoms. The number of rotatable bonds is 16. The second-order valence-electron chi connectivity index (χ2n) is 14.4. The van der Waals surface area contributed by atoms with Crippen molar-refractivity contribution in [2.45, 2.75) is 154 Å². The van der Waals surface area contributed by atoms with Crippen molar-refractivity contribution in [1.29, 1.82) is 0 Å². The van der Waals surface area contributed by atoms with Crippen molar-refractivity contribution >= 4 is 12.0 Å². The molecule has 1 N–H and O–H groups in total. The van der Waals surface area contributed by atoms with E-state index in [0.29, 0.717) is 18.3 Å². The zero-order valence-electron chi connectivity index (χ0n) is 25.6. The Labute approximate surface area is 243 Å². The van der Waals surface area contributed by atoms with Crippen molar-refractivity contribution in [2.24, 2.45) is 22.7 Å². The van der Waals surface area contributed by atoms with Crippen molar-refractivity contribution in [2.75, 3.05) is 6.61 Å². The van der Waals surface area contributed by atoms with Gasteiger partial charge in [0, 0.05) is 12.0 Å². The average Bonchev–Trinajstić information content (AvgIpc) is 3.50. The topological polar surface area (TPSA) is 59.7 Å². The van der Waals surface area contributed by atoms with Crippen molar-refractivity contribution < 1.29 is 19.1 Å². The second-order valence-corrected chi connectivity index (χ2v) is 14.4. The number of hydrogen-bond acceptors (Lipinski definition) is 4. The third kappa shape index (κ3) is 6.27. The van der Waals surface area contributed by atoms with Gasteiger partial charge >= 0.3 is 5.97 Å². The summed E-state index contributed by atoms with van der Waals surface area (Å²) in [6.45, 7) is 4.91. The van der Waals surface area contributed by atoms with Crippen molar-refractivity contribution in [3.8, 4) is 0 Å². The highest BCUT2D eigenvalue weighted by Gasteiger charge is 2.65. The number of hydrogen-bond donors (Lipinski definition) is 1. The Morgan fingerprint density at radius 1 is 0.975 bits per heavy atom. The highest BCUT2D eigenvalue weighted by molar-refractivity contribution is 5.69.